The van der Waals surface area contributed by atoms with Crippen LogP contribution in [-0.4, -0.2) is 58.8 Å². The average molecular weight is 584 g/mol. The Hall–Kier alpha value is -2.70. The summed E-state index contributed by atoms with van der Waals surface area (Å²) in [6, 6.07) is 8.00. The number of nitrogens with zero attached hydrogens (tertiary/aromatic N) is 3. The Kier molecular flexibility index (Phi) is 9.73. The minimum Gasteiger partial charge on any atom is -0.755 e. The summed E-state index contributed by atoms with van der Waals surface area (Å²) >= 11 is -2.65. The van der Waals surface area contributed by atoms with Gasteiger partial charge in [-0.3, -0.25) is 13.9 Å². The molecule has 12 heteroatoms. The molecule has 7 nitrogen and oxygen atoms in total. The first-order chi connectivity index (χ1) is 19.0. The lowest BCUT2D eigenvalue weighted by Gasteiger charge is -2.42. The summed E-state index contributed by atoms with van der Waals surface area (Å²) in [7, 11) is 1.20. The van der Waals surface area contributed by atoms with Crippen molar-refractivity contribution < 1.29 is 31.1 Å². The van der Waals surface area contributed by atoms with E-state index in [9.17, 15) is 31.1 Å². The number of hydrogen-bond donors (Lipinski definition) is 1. The van der Waals surface area contributed by atoms with Crippen molar-refractivity contribution in [2.24, 2.45) is 0 Å². The zero-order valence-electron chi connectivity index (χ0n) is 22.7. The fraction of sp³-hybridized carbons (Fsp3) is 0.536. The van der Waals surface area contributed by atoms with Crippen molar-refractivity contribution >= 4 is 28.5 Å². The van der Waals surface area contributed by atoms with Crippen molar-refractivity contribution in [3.63, 3.8) is 0 Å². The van der Waals surface area contributed by atoms with Gasteiger partial charge in [-0.2, -0.15) is 13.2 Å². The molecule has 1 saturated carbocycles. The van der Waals surface area contributed by atoms with Crippen molar-refractivity contribution in [3.8, 4) is 0 Å². The molecule has 1 heterocycles. The van der Waals surface area contributed by atoms with Crippen LogP contribution in [0, 0.1) is 5.82 Å². The van der Waals surface area contributed by atoms with E-state index >= 15 is 0 Å². The summed E-state index contributed by atoms with van der Waals surface area (Å²) in [6.45, 7) is 4.35. The Morgan fingerprint density at radius 2 is 1.77 bits per heavy atom. The van der Waals surface area contributed by atoms with E-state index in [1.165, 1.54) is 57.4 Å². The van der Waals surface area contributed by atoms with Crippen LogP contribution in [-0.2, 0) is 28.8 Å². The van der Waals surface area contributed by atoms with Gasteiger partial charge in [0.25, 0.3) is 0 Å². The molecule has 1 amide bonds. The van der Waals surface area contributed by atoms with Crippen LogP contribution in [0.2, 0.25) is 0 Å². The second kappa shape index (κ2) is 12.9. The van der Waals surface area contributed by atoms with Crippen molar-refractivity contribution in [2.75, 3.05) is 42.4 Å². The van der Waals surface area contributed by atoms with Crippen molar-refractivity contribution in [2.45, 2.75) is 63.7 Å². The molecular formula is C28H35F4N4O3S-. The highest BCUT2D eigenvalue weighted by Gasteiger charge is 2.33. The van der Waals surface area contributed by atoms with E-state index in [4.69, 9.17) is 0 Å². The lowest BCUT2D eigenvalue weighted by molar-refractivity contribution is -0.137. The number of carbonyl (C=O) groups is 1. The number of amides is 1. The van der Waals surface area contributed by atoms with Crippen molar-refractivity contribution in [1.82, 2.24) is 10.2 Å². The number of anilines is 2. The van der Waals surface area contributed by atoms with Crippen LogP contribution in [0.3, 0.4) is 0 Å². The van der Waals surface area contributed by atoms with Gasteiger partial charge in [0.2, 0.25) is 5.91 Å². The molecule has 1 aliphatic carbocycles. The Morgan fingerprint density at radius 3 is 2.38 bits per heavy atom. The van der Waals surface area contributed by atoms with E-state index in [2.05, 4.69) is 10.2 Å². The molecule has 2 aromatic carbocycles. The molecule has 2 aliphatic rings. The van der Waals surface area contributed by atoms with Gasteiger partial charge in [0, 0.05) is 62.8 Å². The molecule has 2 aromatic rings. The molecule has 4 rings (SSSR count). The second-order valence-electron chi connectivity index (χ2n) is 10.5. The maximum atomic E-state index is 14.5. The zero-order valence-corrected chi connectivity index (χ0v) is 23.5. The highest BCUT2D eigenvalue weighted by atomic mass is 32.2. The van der Waals surface area contributed by atoms with Crippen LogP contribution in [0.5, 0.6) is 0 Å². The first kappa shape index (κ1) is 30.3. The maximum absolute atomic E-state index is 14.5. The van der Waals surface area contributed by atoms with Crippen LogP contribution in [0.4, 0.5) is 28.9 Å². The molecule has 0 bridgehead atoms. The predicted molar refractivity (Wildman–Crippen MR) is 146 cm³/mol. The quantitative estimate of drug-likeness (QED) is 0.352. The molecule has 2 atom stereocenters. The molecule has 1 saturated heterocycles. The fourth-order valence-corrected chi connectivity index (χ4v) is 5.88. The summed E-state index contributed by atoms with van der Waals surface area (Å²) in [4.78, 5) is 17.4. The minimum absolute atomic E-state index is 0.0119. The standard InChI is InChI=1S/C28H36F4N4O3S/c1-19(20-9-11-25(24(29)16-20)34(2)40(38)39)27(37)33-18-21-8-10-22(28(30,31)32)17-26(21)36-14-12-35(13-15-36)23-6-4-3-5-7-23/h8-11,16-17,19,23H,3-7,12-15,18H2,1-2H3,(H,33,37)(H,38,39)/p-1. The molecule has 0 radical (unpaired) electrons. The SMILES string of the molecule is CC(C(=O)NCc1ccc(C(F)(F)F)cc1N1CCN(C2CCCCC2)CC1)c1ccc(N(C)S(=O)[O-])c(F)c1. The molecule has 0 aromatic heterocycles. The molecule has 0 spiro atoms. The predicted octanol–water partition coefficient (Wildman–Crippen LogP) is 4.95. The molecular weight excluding hydrogens is 548 g/mol. The smallest absolute Gasteiger partial charge is 0.416 e. The minimum atomic E-state index is -4.49. The van der Waals surface area contributed by atoms with Gasteiger partial charge in [0.1, 0.15) is 5.82 Å². The summed E-state index contributed by atoms with van der Waals surface area (Å²) in [5, 5.41) is 2.78. The maximum Gasteiger partial charge on any atom is 0.416 e. The van der Waals surface area contributed by atoms with Crippen LogP contribution in [0.1, 0.15) is 61.6 Å². The van der Waals surface area contributed by atoms with Crippen LogP contribution < -0.4 is 14.5 Å². The number of rotatable bonds is 8. The summed E-state index contributed by atoms with van der Waals surface area (Å²) in [5.74, 6) is -1.99. The van der Waals surface area contributed by atoms with E-state index in [-0.39, 0.29) is 12.2 Å². The highest BCUT2D eigenvalue weighted by Crippen LogP contribution is 2.35. The molecule has 220 valence electrons. The first-order valence-corrected chi connectivity index (χ1v) is 14.6. The number of benzene rings is 2. The van der Waals surface area contributed by atoms with Gasteiger partial charge in [-0.05, 0) is 55.2 Å². The Labute approximate surface area is 234 Å². The second-order valence-corrected chi connectivity index (χ2v) is 11.5. The topological polar surface area (TPSA) is 79.0 Å². The van der Waals surface area contributed by atoms with Crippen molar-refractivity contribution in [3.05, 3.63) is 58.9 Å². The van der Waals surface area contributed by atoms with Crippen LogP contribution in [0.15, 0.2) is 36.4 Å². The number of alkyl halides is 3. The summed E-state index contributed by atoms with van der Waals surface area (Å²) in [6.07, 6.45) is 1.54. The van der Waals surface area contributed by atoms with Gasteiger partial charge in [0.15, 0.2) is 0 Å². The molecule has 2 fully saturated rings. The number of halogens is 4. The highest BCUT2D eigenvalue weighted by molar-refractivity contribution is 7.80. The van der Waals surface area contributed by atoms with E-state index in [0.29, 0.717) is 35.9 Å². The zero-order chi connectivity index (χ0) is 29.0. The third kappa shape index (κ3) is 7.13. The number of carbonyl (C=O) groups excluding carboxylic acids is 1. The van der Waals surface area contributed by atoms with Gasteiger partial charge in [0.05, 0.1) is 17.2 Å². The average Bonchev–Trinajstić information content (AvgIpc) is 2.95. The Bertz CT molecular complexity index is 1210. The van der Waals surface area contributed by atoms with E-state index < -0.39 is 40.6 Å². The third-order valence-corrected chi connectivity index (χ3v) is 8.68. The van der Waals surface area contributed by atoms with E-state index in [1.54, 1.807) is 6.92 Å². The fourth-order valence-electron chi connectivity index (χ4n) is 5.57. The summed E-state index contributed by atoms with van der Waals surface area (Å²) in [5.41, 5.74) is 0.481. The first-order valence-electron chi connectivity index (χ1n) is 13.5. The van der Waals surface area contributed by atoms with Crippen LogP contribution in [0.25, 0.3) is 0 Å². The van der Waals surface area contributed by atoms with Gasteiger partial charge >= 0.3 is 6.18 Å². The van der Waals surface area contributed by atoms with Gasteiger partial charge < -0.3 is 19.1 Å². The van der Waals surface area contributed by atoms with Crippen molar-refractivity contribution in [1.29, 1.82) is 0 Å². The number of nitrogens with one attached hydrogen (secondary N) is 1. The van der Waals surface area contributed by atoms with E-state index in [0.717, 1.165) is 35.6 Å². The van der Waals surface area contributed by atoms with Gasteiger partial charge in [-0.25, -0.2) is 4.39 Å². The number of piperazine rings is 1. The number of hydrogen-bond acceptors (Lipinski definition) is 5. The van der Waals surface area contributed by atoms with E-state index in [1.807, 2.05) is 4.90 Å². The molecule has 1 aliphatic heterocycles. The Balaban J connectivity index is 1.46. The van der Waals surface area contributed by atoms with Crippen LogP contribution >= 0.6 is 0 Å². The molecule has 2 unspecified atom stereocenters. The Morgan fingerprint density at radius 1 is 1.10 bits per heavy atom. The lowest BCUT2D eigenvalue weighted by Crippen LogP contribution is -2.51. The monoisotopic (exact) mass is 583 g/mol. The van der Waals surface area contributed by atoms with Gasteiger partial charge in [-0.15, -0.1) is 0 Å². The molecule has 1 N–H and O–H groups in total. The lowest BCUT2D eigenvalue weighted by atomic mass is 9.93. The van der Waals surface area contributed by atoms with Gasteiger partial charge in [-0.1, -0.05) is 31.4 Å². The largest absolute Gasteiger partial charge is 0.755 e. The molecule has 40 heavy (non-hydrogen) atoms. The third-order valence-electron chi connectivity index (χ3n) is 8.04. The normalized spacial score (nSPS) is 18.8. The summed E-state index contributed by atoms with van der Waals surface area (Å²) < 4.78 is 78.2.